The molecule has 4 heteroatoms. The quantitative estimate of drug-likeness (QED) is 0.872. The van der Waals surface area contributed by atoms with Crippen LogP contribution in [0.25, 0.3) is 0 Å². The van der Waals surface area contributed by atoms with Gasteiger partial charge in [0, 0.05) is 30.3 Å². The minimum atomic E-state index is 0.0633. The third-order valence-corrected chi connectivity index (χ3v) is 4.28. The first kappa shape index (κ1) is 16.8. The molecule has 0 aromatic heterocycles. The molecule has 3 unspecified atom stereocenters. The summed E-state index contributed by atoms with van der Waals surface area (Å²) in [7, 11) is 0. The van der Waals surface area contributed by atoms with Gasteiger partial charge < -0.3 is 10.5 Å². The monoisotopic (exact) mass is 310 g/mol. The Hall–Kier alpha value is -0.610. The smallest absolute Gasteiger partial charge is 0.0702 e. The lowest BCUT2D eigenvalue weighted by molar-refractivity contribution is -0.0155. The Balaban J connectivity index is 2.10. The molecule has 0 aliphatic carbocycles. The van der Waals surface area contributed by atoms with Crippen LogP contribution in [-0.2, 0) is 4.74 Å². The van der Waals surface area contributed by atoms with E-state index in [1.165, 1.54) is 5.56 Å². The van der Waals surface area contributed by atoms with Crippen LogP contribution in [0.4, 0.5) is 0 Å². The molecule has 1 aromatic carbocycles. The maximum absolute atomic E-state index is 6.27. The second-order valence-electron chi connectivity index (χ2n) is 5.99. The summed E-state index contributed by atoms with van der Waals surface area (Å²) in [6.07, 6.45) is 3.72. The van der Waals surface area contributed by atoms with E-state index >= 15 is 0 Å². The Kier molecular flexibility index (Phi) is 6.49. The van der Waals surface area contributed by atoms with Gasteiger partial charge in [-0.15, -0.1) is 0 Å². The average molecular weight is 311 g/mol. The van der Waals surface area contributed by atoms with Crippen LogP contribution >= 0.6 is 11.6 Å². The largest absolute Gasteiger partial charge is 0.377 e. The lowest BCUT2D eigenvalue weighted by Crippen LogP contribution is -2.47. The van der Waals surface area contributed by atoms with Gasteiger partial charge in [0.1, 0.15) is 0 Å². The molecule has 1 aliphatic heterocycles. The Morgan fingerprint density at radius 1 is 1.48 bits per heavy atom. The molecule has 3 atom stereocenters. The maximum Gasteiger partial charge on any atom is 0.0702 e. The lowest BCUT2D eigenvalue weighted by Gasteiger charge is -2.40. The highest BCUT2D eigenvalue weighted by Gasteiger charge is 2.29. The van der Waals surface area contributed by atoms with Gasteiger partial charge in [0.05, 0.1) is 6.10 Å². The van der Waals surface area contributed by atoms with Crippen molar-refractivity contribution in [3.8, 4) is 0 Å². The molecule has 1 saturated heterocycles. The van der Waals surface area contributed by atoms with Crippen LogP contribution in [0, 0.1) is 0 Å². The van der Waals surface area contributed by atoms with Crippen LogP contribution in [0.5, 0.6) is 0 Å². The number of benzene rings is 1. The highest BCUT2D eigenvalue weighted by Crippen LogP contribution is 2.29. The van der Waals surface area contributed by atoms with Crippen molar-refractivity contribution in [3.63, 3.8) is 0 Å². The van der Waals surface area contributed by atoms with E-state index in [1.807, 2.05) is 18.2 Å². The molecular formula is C17H27ClN2O. The van der Waals surface area contributed by atoms with Crippen molar-refractivity contribution >= 4 is 11.6 Å². The van der Waals surface area contributed by atoms with E-state index in [2.05, 4.69) is 24.8 Å². The van der Waals surface area contributed by atoms with Gasteiger partial charge in [-0.2, -0.15) is 0 Å². The Morgan fingerprint density at radius 3 is 2.95 bits per heavy atom. The topological polar surface area (TPSA) is 38.5 Å². The number of hydrogen-bond donors (Lipinski definition) is 1. The zero-order valence-electron chi connectivity index (χ0n) is 13.1. The van der Waals surface area contributed by atoms with E-state index in [0.717, 1.165) is 44.0 Å². The first-order chi connectivity index (χ1) is 10.1. The zero-order chi connectivity index (χ0) is 15.2. The minimum absolute atomic E-state index is 0.0633. The molecule has 2 rings (SSSR count). The van der Waals surface area contributed by atoms with Gasteiger partial charge in [0.2, 0.25) is 0 Å². The number of ether oxygens (including phenoxy) is 1. The number of likely N-dealkylation sites (tertiary alicyclic amines) is 1. The predicted molar refractivity (Wildman–Crippen MR) is 88.7 cm³/mol. The van der Waals surface area contributed by atoms with Gasteiger partial charge in [-0.3, -0.25) is 4.90 Å². The fourth-order valence-electron chi connectivity index (χ4n) is 3.18. The van der Waals surface area contributed by atoms with Crippen LogP contribution in [0.1, 0.15) is 44.7 Å². The highest BCUT2D eigenvalue weighted by atomic mass is 35.5. The summed E-state index contributed by atoms with van der Waals surface area (Å²) in [5.74, 6) is 0. The number of nitrogens with zero attached hydrogens (tertiary/aromatic N) is 1. The standard InChI is InChI=1S/C17H27ClN2O/c1-3-10-21-16-8-5-9-20(12-16)17(13(2)19)14-6-4-7-15(18)11-14/h4,6-7,11,13,16-17H,3,5,8-10,12,19H2,1-2H3. The molecule has 0 radical (unpaired) electrons. The summed E-state index contributed by atoms with van der Waals surface area (Å²) < 4.78 is 5.94. The summed E-state index contributed by atoms with van der Waals surface area (Å²) in [6, 6.07) is 8.34. The van der Waals surface area contributed by atoms with E-state index in [9.17, 15) is 0 Å². The fraction of sp³-hybridized carbons (Fsp3) is 0.647. The van der Waals surface area contributed by atoms with Crippen molar-refractivity contribution in [2.75, 3.05) is 19.7 Å². The van der Waals surface area contributed by atoms with E-state index in [0.29, 0.717) is 6.10 Å². The van der Waals surface area contributed by atoms with E-state index in [4.69, 9.17) is 22.1 Å². The summed E-state index contributed by atoms with van der Waals surface area (Å²) in [5, 5.41) is 0.772. The SMILES string of the molecule is CCCOC1CCCN(C(c2cccc(Cl)c2)C(C)N)C1. The molecular weight excluding hydrogens is 284 g/mol. The van der Waals surface area contributed by atoms with Crippen LogP contribution in [0.15, 0.2) is 24.3 Å². The molecule has 1 fully saturated rings. The Bertz CT molecular complexity index is 439. The molecule has 0 bridgehead atoms. The molecule has 1 aromatic rings. The molecule has 0 saturated carbocycles. The Labute approximate surface area is 133 Å². The van der Waals surface area contributed by atoms with Crippen LogP contribution in [0.2, 0.25) is 5.02 Å². The number of hydrogen-bond acceptors (Lipinski definition) is 3. The van der Waals surface area contributed by atoms with Gasteiger partial charge in [0.15, 0.2) is 0 Å². The number of piperidine rings is 1. The normalized spacial score (nSPS) is 23.0. The van der Waals surface area contributed by atoms with Gasteiger partial charge in [-0.1, -0.05) is 30.7 Å². The van der Waals surface area contributed by atoms with Crippen LogP contribution in [-0.4, -0.2) is 36.7 Å². The van der Waals surface area contributed by atoms with E-state index < -0.39 is 0 Å². The van der Waals surface area contributed by atoms with Crippen molar-refractivity contribution < 1.29 is 4.74 Å². The second-order valence-corrected chi connectivity index (χ2v) is 6.43. The lowest BCUT2D eigenvalue weighted by atomic mass is 9.96. The molecule has 1 aliphatic rings. The van der Waals surface area contributed by atoms with Crippen LogP contribution < -0.4 is 5.73 Å². The van der Waals surface area contributed by atoms with Gasteiger partial charge in [0.25, 0.3) is 0 Å². The highest BCUT2D eigenvalue weighted by molar-refractivity contribution is 6.30. The number of halogens is 1. The Morgan fingerprint density at radius 2 is 2.29 bits per heavy atom. The number of rotatable bonds is 6. The molecule has 118 valence electrons. The summed E-state index contributed by atoms with van der Waals surface area (Å²) in [5.41, 5.74) is 7.47. The summed E-state index contributed by atoms with van der Waals surface area (Å²) in [6.45, 7) is 7.10. The summed E-state index contributed by atoms with van der Waals surface area (Å²) >= 11 is 6.15. The third-order valence-electron chi connectivity index (χ3n) is 4.05. The van der Waals surface area contributed by atoms with Gasteiger partial charge >= 0.3 is 0 Å². The van der Waals surface area contributed by atoms with Crippen molar-refractivity contribution in [2.45, 2.75) is 51.3 Å². The third kappa shape index (κ3) is 4.68. The fourth-order valence-corrected chi connectivity index (χ4v) is 3.38. The van der Waals surface area contributed by atoms with Crippen LogP contribution in [0.3, 0.4) is 0 Å². The van der Waals surface area contributed by atoms with Gasteiger partial charge in [-0.05, 0) is 50.4 Å². The molecule has 3 nitrogen and oxygen atoms in total. The maximum atomic E-state index is 6.27. The molecule has 0 spiro atoms. The zero-order valence-corrected chi connectivity index (χ0v) is 13.9. The average Bonchev–Trinajstić information content (AvgIpc) is 2.45. The van der Waals surface area contributed by atoms with Gasteiger partial charge in [-0.25, -0.2) is 0 Å². The predicted octanol–water partition coefficient (Wildman–Crippen LogP) is 3.62. The minimum Gasteiger partial charge on any atom is -0.377 e. The first-order valence-corrected chi connectivity index (χ1v) is 8.36. The van der Waals surface area contributed by atoms with Crippen molar-refractivity contribution in [1.29, 1.82) is 0 Å². The van der Waals surface area contributed by atoms with E-state index in [1.54, 1.807) is 0 Å². The van der Waals surface area contributed by atoms with Crippen molar-refractivity contribution in [1.82, 2.24) is 4.90 Å². The van der Waals surface area contributed by atoms with Crippen molar-refractivity contribution in [2.24, 2.45) is 5.73 Å². The first-order valence-electron chi connectivity index (χ1n) is 7.98. The van der Waals surface area contributed by atoms with Crippen molar-refractivity contribution in [3.05, 3.63) is 34.9 Å². The molecule has 21 heavy (non-hydrogen) atoms. The summed E-state index contributed by atoms with van der Waals surface area (Å²) in [4.78, 5) is 2.46. The molecule has 1 heterocycles. The number of nitrogens with two attached hydrogens (primary N) is 1. The van der Waals surface area contributed by atoms with E-state index in [-0.39, 0.29) is 12.1 Å². The second kappa shape index (κ2) is 8.14. The molecule has 0 amide bonds. The molecule has 2 N–H and O–H groups in total.